The van der Waals surface area contributed by atoms with Gasteiger partial charge in [0.05, 0.1) is 17.5 Å². The highest BCUT2D eigenvalue weighted by atomic mass is 32.1. The van der Waals surface area contributed by atoms with Crippen molar-refractivity contribution in [2.75, 3.05) is 6.61 Å². The van der Waals surface area contributed by atoms with E-state index in [1.54, 1.807) is 16.8 Å². The first-order chi connectivity index (χ1) is 14.6. The number of aromatic amines is 1. The molecule has 3 rings (SSSR count). The van der Waals surface area contributed by atoms with Gasteiger partial charge in [-0.1, -0.05) is 24.6 Å². The summed E-state index contributed by atoms with van der Waals surface area (Å²) in [4.78, 5) is 32.0. The van der Waals surface area contributed by atoms with E-state index in [0.717, 1.165) is 30.3 Å². The number of pyridine rings is 1. The quantitative estimate of drug-likeness (QED) is 0.381. The molecule has 0 radical (unpaired) electrons. The molecule has 0 aliphatic carbocycles. The number of nitrogens with zero attached hydrogens (tertiary/aromatic N) is 2. The van der Waals surface area contributed by atoms with Crippen LogP contribution in [-0.4, -0.2) is 27.0 Å². The number of carbonyl (C=O) groups is 1. The van der Waals surface area contributed by atoms with E-state index in [-0.39, 0.29) is 11.5 Å². The van der Waals surface area contributed by atoms with E-state index in [0.29, 0.717) is 42.2 Å². The van der Waals surface area contributed by atoms with Gasteiger partial charge in [0, 0.05) is 31.3 Å². The third-order valence-corrected chi connectivity index (χ3v) is 5.10. The van der Waals surface area contributed by atoms with Gasteiger partial charge in [0.25, 0.3) is 5.56 Å². The van der Waals surface area contributed by atoms with Crippen LogP contribution in [0.1, 0.15) is 38.2 Å². The standard InChI is InChI=1S/C22H26N4O3S/c1-2-29-20-16(9-8-13-23-20)15-24-19(27)12-4-3-7-14-26-21(28)17-10-5-6-11-18(17)25-22(26)30/h5-6,8-11,13H,2-4,7,12,14-15H2,1H3,(H,24,27)(H,25,30). The number of H-pyrrole nitrogens is 1. The second-order valence-electron chi connectivity index (χ2n) is 6.92. The van der Waals surface area contributed by atoms with Crippen LogP contribution in [0.3, 0.4) is 0 Å². The van der Waals surface area contributed by atoms with Crippen molar-refractivity contribution in [3.63, 3.8) is 0 Å². The van der Waals surface area contributed by atoms with Crippen molar-refractivity contribution < 1.29 is 9.53 Å². The lowest BCUT2D eigenvalue weighted by Crippen LogP contribution is -2.23. The first kappa shape index (κ1) is 21.7. The number of unbranched alkanes of at least 4 members (excludes halogenated alkanes) is 2. The molecule has 0 aliphatic rings. The van der Waals surface area contributed by atoms with Crippen LogP contribution in [-0.2, 0) is 17.9 Å². The molecule has 8 heteroatoms. The topological polar surface area (TPSA) is 89.0 Å². The Morgan fingerprint density at radius 2 is 2.03 bits per heavy atom. The summed E-state index contributed by atoms with van der Waals surface area (Å²) in [5.74, 6) is 0.541. The number of carbonyl (C=O) groups excluding carboxylic acids is 1. The molecule has 3 aromatic rings. The molecule has 1 aromatic carbocycles. The second-order valence-corrected chi connectivity index (χ2v) is 7.31. The molecule has 2 heterocycles. The molecule has 2 N–H and O–H groups in total. The van der Waals surface area contributed by atoms with Crippen LogP contribution in [0.2, 0.25) is 0 Å². The maximum atomic E-state index is 12.6. The molecule has 0 atom stereocenters. The Hall–Kier alpha value is -3.00. The van der Waals surface area contributed by atoms with Gasteiger partial charge in [-0.05, 0) is 50.2 Å². The molecular formula is C22H26N4O3S. The SMILES string of the molecule is CCOc1ncccc1CNC(=O)CCCCCn1c(=S)[nH]c2ccccc2c1=O. The predicted octanol–water partition coefficient (Wildman–Crippen LogP) is 3.73. The maximum absolute atomic E-state index is 12.6. The van der Waals surface area contributed by atoms with Crippen LogP contribution in [0.15, 0.2) is 47.4 Å². The summed E-state index contributed by atoms with van der Waals surface area (Å²) in [5, 5.41) is 3.54. The van der Waals surface area contributed by atoms with Crippen molar-refractivity contribution in [2.45, 2.75) is 45.7 Å². The third-order valence-electron chi connectivity index (χ3n) is 4.78. The highest BCUT2D eigenvalue weighted by molar-refractivity contribution is 7.71. The highest BCUT2D eigenvalue weighted by Crippen LogP contribution is 2.14. The zero-order valence-corrected chi connectivity index (χ0v) is 17.8. The number of fused-ring (bicyclic) bond motifs is 1. The predicted molar refractivity (Wildman–Crippen MR) is 119 cm³/mol. The summed E-state index contributed by atoms with van der Waals surface area (Å²) in [6.45, 7) is 3.36. The Kier molecular flexibility index (Phi) is 7.73. The summed E-state index contributed by atoms with van der Waals surface area (Å²) in [5.41, 5.74) is 1.54. The first-order valence-electron chi connectivity index (χ1n) is 10.2. The molecule has 30 heavy (non-hydrogen) atoms. The largest absolute Gasteiger partial charge is 0.478 e. The fraction of sp³-hybridized carbons (Fsp3) is 0.364. The third kappa shape index (κ3) is 5.54. The number of para-hydroxylation sites is 1. The number of amides is 1. The Morgan fingerprint density at radius 3 is 2.87 bits per heavy atom. The number of rotatable bonds is 10. The smallest absolute Gasteiger partial charge is 0.262 e. The zero-order chi connectivity index (χ0) is 21.3. The van der Waals surface area contributed by atoms with Crippen LogP contribution in [0.5, 0.6) is 5.88 Å². The molecule has 0 bridgehead atoms. The van der Waals surface area contributed by atoms with E-state index in [9.17, 15) is 9.59 Å². The van der Waals surface area contributed by atoms with Crippen molar-refractivity contribution in [1.29, 1.82) is 0 Å². The summed E-state index contributed by atoms with van der Waals surface area (Å²) in [7, 11) is 0. The maximum Gasteiger partial charge on any atom is 0.262 e. The van der Waals surface area contributed by atoms with E-state index in [1.807, 2.05) is 37.3 Å². The van der Waals surface area contributed by atoms with Crippen molar-refractivity contribution in [2.24, 2.45) is 0 Å². The van der Waals surface area contributed by atoms with Crippen molar-refractivity contribution in [3.05, 3.63) is 63.3 Å². The van der Waals surface area contributed by atoms with Crippen LogP contribution in [0.4, 0.5) is 0 Å². The molecule has 0 unspecified atom stereocenters. The van der Waals surface area contributed by atoms with Gasteiger partial charge in [0.15, 0.2) is 4.77 Å². The zero-order valence-electron chi connectivity index (χ0n) is 17.0. The molecular weight excluding hydrogens is 400 g/mol. The molecule has 7 nitrogen and oxygen atoms in total. The molecule has 0 saturated carbocycles. The van der Waals surface area contributed by atoms with Gasteiger partial charge in [-0.2, -0.15) is 0 Å². The first-order valence-corrected chi connectivity index (χ1v) is 10.6. The molecule has 2 aromatic heterocycles. The van der Waals surface area contributed by atoms with Crippen LogP contribution in [0.25, 0.3) is 10.9 Å². The monoisotopic (exact) mass is 426 g/mol. The Morgan fingerprint density at radius 1 is 1.20 bits per heavy atom. The fourth-order valence-electron chi connectivity index (χ4n) is 3.24. The number of ether oxygens (including phenoxy) is 1. The minimum absolute atomic E-state index is 0.0125. The minimum atomic E-state index is -0.0753. The van der Waals surface area contributed by atoms with Gasteiger partial charge in [-0.3, -0.25) is 14.2 Å². The molecule has 0 saturated heterocycles. The number of nitrogens with one attached hydrogen (secondary N) is 2. The van der Waals surface area contributed by atoms with Gasteiger partial charge >= 0.3 is 0 Å². The summed E-state index contributed by atoms with van der Waals surface area (Å²) >= 11 is 5.32. The summed E-state index contributed by atoms with van der Waals surface area (Å²) in [6, 6.07) is 11.1. The lowest BCUT2D eigenvalue weighted by atomic mass is 10.1. The Balaban J connectivity index is 1.44. The molecule has 1 amide bonds. The molecule has 158 valence electrons. The number of hydrogen-bond donors (Lipinski definition) is 2. The summed E-state index contributed by atoms with van der Waals surface area (Å²) in [6.07, 6.45) is 4.46. The molecule has 0 aliphatic heterocycles. The van der Waals surface area contributed by atoms with Gasteiger partial charge in [-0.15, -0.1) is 0 Å². The van der Waals surface area contributed by atoms with Crippen LogP contribution < -0.4 is 15.6 Å². The molecule has 0 spiro atoms. The Bertz CT molecular complexity index is 1120. The highest BCUT2D eigenvalue weighted by Gasteiger charge is 2.08. The van der Waals surface area contributed by atoms with E-state index in [1.165, 1.54) is 0 Å². The van der Waals surface area contributed by atoms with Gasteiger partial charge in [0.1, 0.15) is 0 Å². The van der Waals surface area contributed by atoms with Crippen molar-refractivity contribution in [3.8, 4) is 5.88 Å². The van der Waals surface area contributed by atoms with Gasteiger partial charge < -0.3 is 15.0 Å². The second kappa shape index (κ2) is 10.7. The van der Waals surface area contributed by atoms with Crippen LogP contribution in [0, 0.1) is 4.77 Å². The molecule has 0 fully saturated rings. The van der Waals surface area contributed by atoms with Gasteiger partial charge in [0.2, 0.25) is 11.8 Å². The van der Waals surface area contributed by atoms with Crippen molar-refractivity contribution >= 4 is 29.0 Å². The van der Waals surface area contributed by atoms with E-state index in [4.69, 9.17) is 17.0 Å². The number of hydrogen-bond acceptors (Lipinski definition) is 5. The van der Waals surface area contributed by atoms with Crippen molar-refractivity contribution in [1.82, 2.24) is 19.9 Å². The number of aromatic nitrogens is 3. The lowest BCUT2D eigenvalue weighted by molar-refractivity contribution is -0.121. The Labute approximate surface area is 180 Å². The van der Waals surface area contributed by atoms with E-state index >= 15 is 0 Å². The van der Waals surface area contributed by atoms with E-state index in [2.05, 4.69) is 15.3 Å². The normalized spacial score (nSPS) is 10.8. The van der Waals surface area contributed by atoms with E-state index < -0.39 is 0 Å². The average molecular weight is 427 g/mol. The number of benzene rings is 1. The minimum Gasteiger partial charge on any atom is -0.478 e. The summed E-state index contributed by atoms with van der Waals surface area (Å²) < 4.78 is 7.49. The average Bonchev–Trinajstić information content (AvgIpc) is 2.75. The van der Waals surface area contributed by atoms with Crippen LogP contribution >= 0.6 is 12.2 Å². The lowest BCUT2D eigenvalue weighted by Gasteiger charge is -2.10. The fourth-order valence-corrected chi connectivity index (χ4v) is 3.53. The van der Waals surface area contributed by atoms with Gasteiger partial charge in [-0.25, -0.2) is 4.98 Å².